The Labute approximate surface area is 144 Å². The van der Waals surface area contributed by atoms with E-state index >= 15 is 0 Å². The van der Waals surface area contributed by atoms with Gasteiger partial charge in [0.25, 0.3) is 0 Å². The lowest BCUT2D eigenvalue weighted by Gasteiger charge is -2.24. The number of hydrogen-bond acceptors (Lipinski definition) is 1. The molecule has 1 aliphatic carbocycles. The lowest BCUT2D eigenvalue weighted by Crippen LogP contribution is -2.17. The smallest absolute Gasteiger partial charge is 0.113 e. The zero-order valence-corrected chi connectivity index (χ0v) is 13.8. The van der Waals surface area contributed by atoms with Crippen LogP contribution in [0.2, 0.25) is 0 Å². The molecule has 3 aromatic rings. The maximum absolute atomic E-state index is 9.65. The molecule has 0 N–H and O–H groups in total. The Balaban J connectivity index is 2.13. The van der Waals surface area contributed by atoms with Crippen molar-refractivity contribution in [2.45, 2.75) is 19.3 Å². The van der Waals surface area contributed by atoms with Crippen LogP contribution in [0.1, 0.15) is 30.5 Å². The van der Waals surface area contributed by atoms with Gasteiger partial charge in [0.2, 0.25) is 0 Å². The van der Waals surface area contributed by atoms with Crippen LogP contribution >= 0.6 is 0 Å². The topological polar surface area (TPSA) is 23.8 Å². The monoisotopic (exact) mass is 305 g/mol. The molecule has 0 unspecified atom stereocenters. The Hall–Kier alpha value is -2.79. The van der Waals surface area contributed by atoms with E-state index in [1.165, 1.54) is 22.3 Å². The number of nitriles is 1. The third kappa shape index (κ3) is 1.95. The molecule has 0 bridgehead atoms. The first-order valence-corrected chi connectivity index (χ1v) is 8.07. The third-order valence-corrected chi connectivity index (χ3v) is 5.02. The summed E-state index contributed by atoms with van der Waals surface area (Å²) in [5.41, 5.74) is 8.19. The number of fused-ring (bicyclic) bond motifs is 3. The van der Waals surface area contributed by atoms with Crippen molar-refractivity contribution in [3.05, 3.63) is 77.4 Å². The fourth-order valence-corrected chi connectivity index (χ4v) is 3.93. The maximum atomic E-state index is 9.65. The second-order valence-corrected chi connectivity index (χ2v) is 6.82. The lowest BCUT2D eigenvalue weighted by molar-refractivity contribution is 0.662. The molecule has 0 atom stereocenters. The van der Waals surface area contributed by atoms with Gasteiger partial charge in [-0.3, -0.25) is 0 Å². The van der Waals surface area contributed by atoms with Crippen LogP contribution in [-0.2, 0) is 5.41 Å². The van der Waals surface area contributed by atoms with Crippen molar-refractivity contribution in [3.8, 4) is 28.3 Å². The fraction of sp³-hybridized carbons (Fsp3) is 0.136. The molecule has 0 fully saturated rings. The van der Waals surface area contributed by atoms with Crippen molar-refractivity contribution in [1.82, 2.24) is 0 Å². The van der Waals surface area contributed by atoms with E-state index in [0.717, 1.165) is 16.6 Å². The van der Waals surface area contributed by atoms with Crippen LogP contribution < -0.4 is 5.46 Å². The number of rotatable bonds is 1. The minimum absolute atomic E-state index is 0.170. The van der Waals surface area contributed by atoms with Crippen LogP contribution in [0.4, 0.5) is 0 Å². The molecule has 0 saturated heterocycles. The minimum atomic E-state index is -0.170. The van der Waals surface area contributed by atoms with E-state index < -0.39 is 0 Å². The Morgan fingerprint density at radius 2 is 1.67 bits per heavy atom. The first-order chi connectivity index (χ1) is 11.5. The standard InChI is InChI=1S/C22H16BN/c1-22(2)19-11-9-16(23)12-18(19)20-15(13-24)8-10-17(21(20)22)14-6-4-3-5-7-14/h3-12H,1-2H3. The van der Waals surface area contributed by atoms with Crippen molar-refractivity contribution in [3.63, 3.8) is 0 Å². The van der Waals surface area contributed by atoms with Gasteiger partial charge >= 0.3 is 0 Å². The van der Waals surface area contributed by atoms with Gasteiger partial charge in [0.05, 0.1) is 11.6 Å². The van der Waals surface area contributed by atoms with Crippen LogP contribution in [-0.4, -0.2) is 7.85 Å². The first-order valence-electron chi connectivity index (χ1n) is 8.07. The fourth-order valence-electron chi connectivity index (χ4n) is 3.93. The summed E-state index contributed by atoms with van der Waals surface area (Å²) in [6, 6.07) is 22.8. The van der Waals surface area contributed by atoms with E-state index in [4.69, 9.17) is 7.85 Å². The van der Waals surface area contributed by atoms with E-state index in [1.54, 1.807) is 0 Å². The molecule has 1 nitrogen and oxygen atoms in total. The van der Waals surface area contributed by atoms with Crippen molar-refractivity contribution in [1.29, 1.82) is 5.26 Å². The average Bonchev–Trinajstić information content (AvgIpc) is 2.83. The molecular formula is C22H16BN. The molecule has 1 aliphatic rings. The molecule has 0 aliphatic heterocycles. The second-order valence-electron chi connectivity index (χ2n) is 6.82. The lowest BCUT2D eigenvalue weighted by atomic mass is 9.78. The summed E-state index contributed by atoms with van der Waals surface area (Å²) < 4.78 is 0. The molecular weight excluding hydrogens is 289 g/mol. The summed E-state index contributed by atoms with van der Waals surface area (Å²) in [5, 5.41) is 9.65. The molecule has 24 heavy (non-hydrogen) atoms. The Kier molecular flexibility index (Phi) is 3.15. The van der Waals surface area contributed by atoms with Gasteiger partial charge in [0, 0.05) is 11.0 Å². The summed E-state index contributed by atoms with van der Waals surface area (Å²) in [4.78, 5) is 0. The van der Waals surface area contributed by atoms with Gasteiger partial charge in [-0.25, -0.2) is 0 Å². The molecule has 2 radical (unpaired) electrons. The predicted octanol–water partition coefficient (Wildman–Crippen LogP) is 4.33. The van der Waals surface area contributed by atoms with Crippen LogP contribution in [0.5, 0.6) is 0 Å². The first kappa shape index (κ1) is 14.8. The van der Waals surface area contributed by atoms with Crippen LogP contribution in [0, 0.1) is 11.3 Å². The summed E-state index contributed by atoms with van der Waals surface area (Å²) in [7, 11) is 6.03. The van der Waals surface area contributed by atoms with E-state index in [2.05, 4.69) is 44.2 Å². The van der Waals surface area contributed by atoms with Crippen molar-refractivity contribution in [2.24, 2.45) is 0 Å². The predicted molar refractivity (Wildman–Crippen MR) is 99.5 cm³/mol. The molecule has 0 saturated carbocycles. The van der Waals surface area contributed by atoms with Gasteiger partial charge in [-0.05, 0) is 33.9 Å². The zero-order chi connectivity index (χ0) is 16.9. The Morgan fingerprint density at radius 3 is 2.38 bits per heavy atom. The second kappa shape index (κ2) is 5.11. The number of benzene rings is 3. The molecule has 0 spiro atoms. The van der Waals surface area contributed by atoms with Gasteiger partial charge in [0.15, 0.2) is 0 Å². The normalized spacial score (nSPS) is 13.9. The molecule has 0 heterocycles. The van der Waals surface area contributed by atoms with E-state index in [1.807, 2.05) is 36.4 Å². The minimum Gasteiger partial charge on any atom is -0.192 e. The molecule has 2 heteroatoms. The summed E-state index contributed by atoms with van der Waals surface area (Å²) in [5.74, 6) is 0. The van der Waals surface area contributed by atoms with Crippen LogP contribution in [0.25, 0.3) is 22.3 Å². The maximum Gasteiger partial charge on any atom is 0.113 e. The summed E-state index contributed by atoms with van der Waals surface area (Å²) >= 11 is 0. The molecule has 0 aromatic heterocycles. The van der Waals surface area contributed by atoms with Gasteiger partial charge in [-0.2, -0.15) is 5.26 Å². The van der Waals surface area contributed by atoms with Crippen LogP contribution in [0.15, 0.2) is 60.7 Å². The zero-order valence-electron chi connectivity index (χ0n) is 13.8. The Morgan fingerprint density at radius 1 is 0.917 bits per heavy atom. The van der Waals surface area contributed by atoms with Crippen molar-refractivity contribution < 1.29 is 0 Å². The number of nitrogens with zero attached hydrogens (tertiary/aromatic N) is 1. The van der Waals surface area contributed by atoms with Gasteiger partial charge < -0.3 is 0 Å². The molecule has 3 aromatic carbocycles. The highest BCUT2D eigenvalue weighted by atomic mass is 14.4. The highest BCUT2D eigenvalue weighted by Gasteiger charge is 2.39. The Bertz CT molecular complexity index is 994. The largest absolute Gasteiger partial charge is 0.192 e. The van der Waals surface area contributed by atoms with E-state index in [0.29, 0.717) is 5.56 Å². The summed E-state index contributed by atoms with van der Waals surface area (Å²) in [6.45, 7) is 4.45. The average molecular weight is 305 g/mol. The van der Waals surface area contributed by atoms with Crippen molar-refractivity contribution >= 4 is 13.3 Å². The van der Waals surface area contributed by atoms with Gasteiger partial charge in [0.1, 0.15) is 7.85 Å². The van der Waals surface area contributed by atoms with Crippen molar-refractivity contribution in [2.75, 3.05) is 0 Å². The molecule has 4 rings (SSSR count). The van der Waals surface area contributed by atoms with E-state index in [-0.39, 0.29) is 5.41 Å². The quantitative estimate of drug-likeness (QED) is 0.614. The third-order valence-electron chi connectivity index (χ3n) is 5.02. The van der Waals surface area contributed by atoms with Gasteiger partial charge in [-0.15, -0.1) is 0 Å². The highest BCUT2D eigenvalue weighted by molar-refractivity contribution is 6.32. The highest BCUT2D eigenvalue weighted by Crippen LogP contribution is 2.52. The van der Waals surface area contributed by atoms with Crippen LogP contribution in [0.3, 0.4) is 0 Å². The number of hydrogen-bond donors (Lipinski definition) is 0. The SMILES string of the molecule is [B]c1ccc2c(c1)-c1c(C#N)ccc(-c3ccccc3)c1C2(C)C. The van der Waals surface area contributed by atoms with Gasteiger partial charge in [-0.1, -0.05) is 73.9 Å². The summed E-state index contributed by atoms with van der Waals surface area (Å²) in [6.07, 6.45) is 0. The van der Waals surface area contributed by atoms with E-state index in [9.17, 15) is 5.26 Å². The molecule has 112 valence electrons. The molecule has 0 amide bonds.